The van der Waals surface area contributed by atoms with Crippen LogP contribution in [0.25, 0.3) is 0 Å². The van der Waals surface area contributed by atoms with E-state index in [0.717, 1.165) is 109 Å². The van der Waals surface area contributed by atoms with E-state index in [1.165, 1.54) is 141 Å². The van der Waals surface area contributed by atoms with Crippen molar-refractivity contribution in [3.8, 4) is 0 Å². The molecule has 0 bridgehead atoms. The summed E-state index contributed by atoms with van der Waals surface area (Å²) in [7, 11) is -9.96. The molecular weight excluding hydrogens is 1280 g/mol. The number of hydrogen-bond acceptors (Lipinski definition) is 15. The molecule has 5 atom stereocenters. The largest absolute Gasteiger partial charge is 0.472 e. The van der Waals surface area contributed by atoms with Crippen molar-refractivity contribution in [2.75, 3.05) is 39.6 Å². The van der Waals surface area contributed by atoms with Crippen molar-refractivity contribution in [1.82, 2.24) is 0 Å². The molecule has 0 heterocycles. The summed E-state index contributed by atoms with van der Waals surface area (Å²) in [6.07, 6.45) is 73.0. The van der Waals surface area contributed by atoms with E-state index in [9.17, 15) is 43.2 Å². The minimum atomic E-state index is -4.99. The number of allylic oxidation sites excluding steroid dienone is 14. The Kier molecular flexibility index (Phi) is 68.9. The van der Waals surface area contributed by atoms with Gasteiger partial charge >= 0.3 is 39.5 Å². The minimum Gasteiger partial charge on any atom is -0.462 e. The predicted molar refractivity (Wildman–Crippen MR) is 399 cm³/mol. The zero-order valence-electron chi connectivity index (χ0n) is 62.0. The third-order valence-electron chi connectivity index (χ3n) is 16.4. The molecule has 0 aromatic carbocycles. The number of phosphoric acid groups is 2. The van der Waals surface area contributed by atoms with Crippen molar-refractivity contribution in [1.29, 1.82) is 0 Å². The second-order valence-corrected chi connectivity index (χ2v) is 28.8. The van der Waals surface area contributed by atoms with E-state index < -0.39 is 97.5 Å². The summed E-state index contributed by atoms with van der Waals surface area (Å²) in [5.41, 5.74) is 0. The van der Waals surface area contributed by atoms with Crippen molar-refractivity contribution < 1.29 is 80.2 Å². The zero-order chi connectivity index (χ0) is 71.8. The van der Waals surface area contributed by atoms with Crippen molar-refractivity contribution in [2.45, 2.75) is 354 Å². The molecule has 3 N–H and O–H groups in total. The quantitative estimate of drug-likeness (QED) is 0.0169. The van der Waals surface area contributed by atoms with E-state index >= 15 is 0 Å². The number of carbonyl (C=O) groups is 4. The molecular formula is C79H140O17P2. The van der Waals surface area contributed by atoms with Crippen LogP contribution in [0.5, 0.6) is 0 Å². The van der Waals surface area contributed by atoms with Gasteiger partial charge in [-0.15, -0.1) is 0 Å². The second-order valence-electron chi connectivity index (χ2n) is 25.9. The zero-order valence-corrected chi connectivity index (χ0v) is 63.7. The van der Waals surface area contributed by atoms with Crippen LogP contribution < -0.4 is 0 Å². The molecule has 0 aliphatic rings. The highest BCUT2D eigenvalue weighted by Gasteiger charge is 2.30. The van der Waals surface area contributed by atoms with Gasteiger partial charge in [-0.25, -0.2) is 9.13 Å². The molecule has 0 aromatic rings. The van der Waals surface area contributed by atoms with E-state index in [1.54, 1.807) is 0 Å². The van der Waals surface area contributed by atoms with Crippen molar-refractivity contribution in [2.24, 2.45) is 0 Å². The lowest BCUT2D eigenvalue weighted by atomic mass is 10.0. The summed E-state index contributed by atoms with van der Waals surface area (Å²) >= 11 is 0. The summed E-state index contributed by atoms with van der Waals surface area (Å²) in [4.78, 5) is 72.8. The highest BCUT2D eigenvalue weighted by molar-refractivity contribution is 7.47. The molecule has 0 radical (unpaired) electrons. The number of phosphoric ester groups is 2. The van der Waals surface area contributed by atoms with Crippen LogP contribution in [-0.2, 0) is 65.4 Å². The van der Waals surface area contributed by atoms with Gasteiger partial charge in [-0.05, 0) is 89.9 Å². The predicted octanol–water partition coefficient (Wildman–Crippen LogP) is 22.2. The van der Waals surface area contributed by atoms with Gasteiger partial charge in [-0.1, -0.05) is 305 Å². The average molecular weight is 1420 g/mol. The Balaban J connectivity index is 5.39. The molecule has 0 amide bonds. The monoisotopic (exact) mass is 1420 g/mol. The highest BCUT2D eigenvalue weighted by Crippen LogP contribution is 2.45. The van der Waals surface area contributed by atoms with Gasteiger partial charge in [0.1, 0.15) is 19.3 Å². The minimum absolute atomic E-state index is 0.0274. The molecule has 0 rings (SSSR count). The van der Waals surface area contributed by atoms with Gasteiger partial charge in [0, 0.05) is 25.7 Å². The molecule has 17 nitrogen and oxygen atoms in total. The number of esters is 4. The average Bonchev–Trinajstić information content (AvgIpc) is 0.982. The third-order valence-corrected chi connectivity index (χ3v) is 18.3. The first-order valence-electron chi connectivity index (χ1n) is 38.8. The Morgan fingerprint density at radius 1 is 0.296 bits per heavy atom. The van der Waals surface area contributed by atoms with E-state index in [4.69, 9.17) is 37.0 Å². The van der Waals surface area contributed by atoms with Gasteiger partial charge in [0.25, 0.3) is 0 Å². The molecule has 0 fully saturated rings. The number of rotatable bonds is 73. The first kappa shape index (κ1) is 94.2. The van der Waals surface area contributed by atoms with E-state index in [0.29, 0.717) is 32.1 Å². The first-order chi connectivity index (χ1) is 47.7. The lowest BCUT2D eigenvalue weighted by molar-refractivity contribution is -0.161. The molecule has 0 aliphatic carbocycles. The fraction of sp³-hybridized carbons (Fsp3) is 0.772. The summed E-state index contributed by atoms with van der Waals surface area (Å²) in [5, 5.41) is 10.6. The third kappa shape index (κ3) is 70.7. The van der Waals surface area contributed by atoms with Gasteiger partial charge in [-0.3, -0.25) is 37.3 Å². The van der Waals surface area contributed by atoms with Gasteiger partial charge in [0.05, 0.1) is 26.4 Å². The van der Waals surface area contributed by atoms with Crippen molar-refractivity contribution in [3.63, 3.8) is 0 Å². The van der Waals surface area contributed by atoms with Gasteiger partial charge in [0.2, 0.25) is 0 Å². The smallest absolute Gasteiger partial charge is 0.462 e. The van der Waals surface area contributed by atoms with E-state index in [-0.39, 0.29) is 25.7 Å². The van der Waals surface area contributed by atoms with Crippen LogP contribution in [0.3, 0.4) is 0 Å². The Labute approximate surface area is 595 Å². The summed E-state index contributed by atoms with van der Waals surface area (Å²) in [6.45, 7) is 4.69. The summed E-state index contributed by atoms with van der Waals surface area (Å²) in [5.74, 6) is -2.26. The van der Waals surface area contributed by atoms with Crippen LogP contribution in [0, 0.1) is 0 Å². The topological polar surface area (TPSA) is 237 Å². The molecule has 98 heavy (non-hydrogen) atoms. The van der Waals surface area contributed by atoms with Gasteiger partial charge in [-0.2, -0.15) is 0 Å². The summed E-state index contributed by atoms with van der Waals surface area (Å²) in [6, 6.07) is 0. The molecule has 19 heteroatoms. The Morgan fingerprint density at radius 2 is 0.551 bits per heavy atom. The van der Waals surface area contributed by atoms with Gasteiger partial charge in [0.15, 0.2) is 12.2 Å². The Bertz CT molecular complexity index is 2190. The maximum Gasteiger partial charge on any atom is 0.472 e. The van der Waals surface area contributed by atoms with Crippen LogP contribution in [0.4, 0.5) is 0 Å². The van der Waals surface area contributed by atoms with Crippen LogP contribution in [0.1, 0.15) is 336 Å². The van der Waals surface area contributed by atoms with Gasteiger partial charge < -0.3 is 33.8 Å². The lowest BCUT2D eigenvalue weighted by Crippen LogP contribution is -2.30. The Hall–Kier alpha value is -3.76. The van der Waals surface area contributed by atoms with Crippen LogP contribution in [0.2, 0.25) is 0 Å². The number of aliphatic hydroxyl groups excluding tert-OH is 1. The fourth-order valence-electron chi connectivity index (χ4n) is 10.5. The fourth-order valence-corrected chi connectivity index (χ4v) is 12.1. The second kappa shape index (κ2) is 71.6. The van der Waals surface area contributed by atoms with Crippen molar-refractivity contribution >= 4 is 39.5 Å². The van der Waals surface area contributed by atoms with Crippen LogP contribution in [-0.4, -0.2) is 96.7 Å². The van der Waals surface area contributed by atoms with Crippen LogP contribution in [0.15, 0.2) is 85.1 Å². The first-order valence-corrected chi connectivity index (χ1v) is 41.8. The molecule has 0 saturated heterocycles. The highest BCUT2D eigenvalue weighted by atomic mass is 31.2. The lowest BCUT2D eigenvalue weighted by Gasteiger charge is -2.21. The molecule has 0 aliphatic heterocycles. The molecule has 568 valence electrons. The molecule has 0 aromatic heterocycles. The summed E-state index contributed by atoms with van der Waals surface area (Å²) < 4.78 is 68.4. The molecule has 0 spiro atoms. The number of aliphatic hydroxyl groups is 1. The maximum atomic E-state index is 13.1. The van der Waals surface area contributed by atoms with Crippen molar-refractivity contribution in [3.05, 3.63) is 85.1 Å². The molecule has 2 unspecified atom stereocenters. The number of unbranched alkanes of at least 4 members (excludes halogenated alkanes) is 33. The SMILES string of the molecule is CC/C=C\C/C=C\C/C=C\C/C=C\C/C=C\C/C=C\CCC(=O)O[C@H](COC(=O)CCCCCCCCCCCCCCC)COP(=O)(O)OC[C@@H](O)COP(=O)(O)OC[C@@H](COC(=O)CCCCCCCCCCCCCCC)OC(=O)CCCCCCC/C=C\CCCCCC. The number of hydrogen-bond donors (Lipinski definition) is 3. The van der Waals surface area contributed by atoms with E-state index in [1.807, 2.05) is 18.2 Å². The number of carbonyl (C=O) groups excluding carboxylic acids is 4. The van der Waals surface area contributed by atoms with Crippen LogP contribution >= 0.6 is 15.6 Å². The number of ether oxygens (including phenoxy) is 4. The standard InChI is InChI=1S/C79H140O17P2/c1-5-9-13-17-21-25-29-33-34-35-36-37-38-42-46-50-54-58-62-66-79(84)96-75(70-90-77(82)64-60-56-52-48-44-40-31-27-23-19-15-11-7-3)72-94-98(87,88)92-68-73(80)67-91-97(85,86)93-71-74(95-78(83)65-61-57-53-49-45-41-32-28-24-20-16-12-8-4)69-89-76(81)63-59-55-51-47-43-39-30-26-22-18-14-10-6-2/h9,13,21,25,28,32-34,36-37,42,46,54,58,73-75,80H,5-8,10-12,14-20,22-24,26-27,29-31,35,38-41,43-45,47-53,55-57,59-72H2,1-4H3,(H,85,86)(H,87,88)/b13-9-,25-21-,32-28-,34-33-,37-36-,46-42-,58-54-/t73-,74+,75+/m0/s1. The normalized spacial score (nSPS) is 14.4. The maximum absolute atomic E-state index is 13.1. The Morgan fingerprint density at radius 3 is 0.888 bits per heavy atom. The molecule has 0 saturated carbocycles. The van der Waals surface area contributed by atoms with E-state index in [2.05, 4.69) is 94.5 Å².